The number of hydrogen-bond donors (Lipinski definition) is 2. The summed E-state index contributed by atoms with van der Waals surface area (Å²) in [5.74, 6) is -0.180. The number of allylic oxidation sites excluding steroid dienone is 1. The maximum atomic E-state index is 14.4. The molecular weight excluding hydrogens is 325 g/mol. The molecule has 0 unspecified atom stereocenters. The van der Waals surface area contributed by atoms with E-state index in [0.717, 1.165) is 0 Å². The van der Waals surface area contributed by atoms with Crippen molar-refractivity contribution in [1.82, 2.24) is 19.9 Å². The van der Waals surface area contributed by atoms with Crippen LogP contribution in [-0.4, -0.2) is 56.8 Å². The van der Waals surface area contributed by atoms with Crippen LogP contribution >= 0.6 is 0 Å². The average Bonchev–Trinajstić information content (AvgIpc) is 3.07. The number of piperidine rings is 1. The zero-order valence-corrected chi connectivity index (χ0v) is 13.5. The lowest BCUT2D eigenvalue weighted by Gasteiger charge is -2.35. The minimum absolute atomic E-state index is 0.187. The van der Waals surface area contributed by atoms with E-state index in [0.29, 0.717) is 29.0 Å². The molecule has 2 aromatic heterocycles. The number of halogens is 1. The predicted molar refractivity (Wildman–Crippen MR) is 92.1 cm³/mol. The highest BCUT2D eigenvalue weighted by atomic mass is 19.1. The Kier molecular flexibility index (Phi) is 4.60. The van der Waals surface area contributed by atoms with Gasteiger partial charge in [0.2, 0.25) is 5.91 Å². The van der Waals surface area contributed by atoms with Crippen molar-refractivity contribution < 1.29 is 14.0 Å². The first kappa shape index (κ1) is 16.8. The first-order valence-corrected chi connectivity index (χ1v) is 7.86. The van der Waals surface area contributed by atoms with Crippen LogP contribution in [0.2, 0.25) is 0 Å². The molecule has 1 aliphatic rings. The summed E-state index contributed by atoms with van der Waals surface area (Å²) in [4.78, 5) is 36.5. The number of carbonyl (C=O) groups is 2. The number of anilines is 1. The highest BCUT2D eigenvalue weighted by molar-refractivity contribution is 6.15. The lowest BCUT2D eigenvalue weighted by atomic mass is 10.0. The van der Waals surface area contributed by atoms with E-state index in [2.05, 4.69) is 33.4 Å². The summed E-state index contributed by atoms with van der Waals surface area (Å²) >= 11 is 0. The summed E-state index contributed by atoms with van der Waals surface area (Å²) in [6.45, 7) is 7.47. The van der Waals surface area contributed by atoms with Gasteiger partial charge in [-0.3, -0.25) is 9.59 Å². The van der Waals surface area contributed by atoms with E-state index >= 15 is 0 Å². The molecule has 1 saturated heterocycles. The predicted octanol–water partition coefficient (Wildman–Crippen LogP) is 1.86. The molecule has 0 spiro atoms. The Balaban J connectivity index is 1.92. The molecule has 0 radical (unpaired) electrons. The van der Waals surface area contributed by atoms with Crippen LogP contribution in [0.1, 0.15) is 16.8 Å². The first-order chi connectivity index (χ1) is 12.0. The van der Waals surface area contributed by atoms with Crippen molar-refractivity contribution in [2.45, 2.75) is 18.6 Å². The van der Waals surface area contributed by atoms with Gasteiger partial charge in [-0.2, -0.15) is 0 Å². The van der Waals surface area contributed by atoms with Gasteiger partial charge in [-0.05, 0) is 18.6 Å². The summed E-state index contributed by atoms with van der Waals surface area (Å²) < 4.78 is 14.4. The molecule has 8 heteroatoms. The Morgan fingerprint density at radius 1 is 1.36 bits per heavy atom. The van der Waals surface area contributed by atoms with Gasteiger partial charge in [0.25, 0.3) is 0 Å². The van der Waals surface area contributed by atoms with E-state index in [9.17, 15) is 14.0 Å². The molecule has 0 aromatic carbocycles. The number of carbonyl (C=O) groups excluding carboxylic acids is 2. The number of fused-ring (bicyclic) bond motifs is 1. The van der Waals surface area contributed by atoms with Crippen LogP contribution < -0.4 is 5.32 Å². The van der Waals surface area contributed by atoms with Crippen molar-refractivity contribution in [2.75, 3.05) is 18.4 Å². The van der Waals surface area contributed by atoms with Crippen LogP contribution in [0.15, 0.2) is 37.8 Å². The summed E-state index contributed by atoms with van der Waals surface area (Å²) in [5, 5.41) is 3.51. The maximum absolute atomic E-state index is 14.4. The van der Waals surface area contributed by atoms with Crippen molar-refractivity contribution in [2.24, 2.45) is 0 Å². The molecule has 0 aliphatic carbocycles. The molecule has 0 bridgehead atoms. The number of hydrogen-bond acceptors (Lipinski definition) is 5. The van der Waals surface area contributed by atoms with Crippen LogP contribution in [-0.2, 0) is 4.79 Å². The molecule has 1 fully saturated rings. The van der Waals surface area contributed by atoms with Gasteiger partial charge < -0.3 is 15.2 Å². The van der Waals surface area contributed by atoms with Crippen LogP contribution in [0.4, 0.5) is 10.2 Å². The molecule has 25 heavy (non-hydrogen) atoms. The molecule has 130 valence electrons. The number of amides is 1. The highest BCUT2D eigenvalue weighted by Crippen LogP contribution is 2.26. The van der Waals surface area contributed by atoms with Gasteiger partial charge in [0.15, 0.2) is 5.78 Å². The van der Waals surface area contributed by atoms with Gasteiger partial charge in [0.1, 0.15) is 24.0 Å². The van der Waals surface area contributed by atoms with E-state index in [-0.39, 0.29) is 24.7 Å². The Hall–Kier alpha value is -3.03. The van der Waals surface area contributed by atoms with E-state index in [1.165, 1.54) is 29.6 Å². The van der Waals surface area contributed by atoms with E-state index in [1.807, 2.05) is 0 Å². The molecule has 0 saturated carbocycles. The van der Waals surface area contributed by atoms with Crippen LogP contribution in [0.5, 0.6) is 0 Å². The number of nitrogens with one attached hydrogen (secondary N) is 2. The standard InChI is InChI=1S/C17H18FN5O2/c1-3-13(24)10-7-19-16-15(10)17(21-9-20-16)22-12-8-23(14(25)4-2)6-5-11(12)18/h3-4,7,9,11-12H,1-2,5-6,8H2,(H2,19,20,21,22)/t11-,12+/m1/s1. The Morgan fingerprint density at radius 3 is 2.88 bits per heavy atom. The minimum atomic E-state index is -1.14. The topological polar surface area (TPSA) is 91.0 Å². The lowest BCUT2D eigenvalue weighted by molar-refractivity contribution is -0.127. The second-order valence-corrected chi connectivity index (χ2v) is 5.76. The fourth-order valence-corrected chi connectivity index (χ4v) is 2.94. The minimum Gasteiger partial charge on any atom is -0.362 e. The Labute approximate surface area is 143 Å². The van der Waals surface area contributed by atoms with E-state index < -0.39 is 12.2 Å². The van der Waals surface area contributed by atoms with Gasteiger partial charge >= 0.3 is 0 Å². The average molecular weight is 343 g/mol. The number of alkyl halides is 1. The summed E-state index contributed by atoms with van der Waals surface area (Å²) in [7, 11) is 0. The Morgan fingerprint density at radius 2 is 2.16 bits per heavy atom. The number of likely N-dealkylation sites (tertiary alicyclic amines) is 1. The molecule has 7 nitrogen and oxygen atoms in total. The molecule has 3 heterocycles. The van der Waals surface area contributed by atoms with Crippen LogP contribution in [0, 0.1) is 0 Å². The van der Waals surface area contributed by atoms with Gasteiger partial charge in [-0.25, -0.2) is 14.4 Å². The first-order valence-electron chi connectivity index (χ1n) is 7.86. The molecule has 1 amide bonds. The molecule has 3 rings (SSSR count). The van der Waals surface area contributed by atoms with Gasteiger partial charge in [0, 0.05) is 19.3 Å². The lowest BCUT2D eigenvalue weighted by Crippen LogP contribution is -2.50. The van der Waals surface area contributed by atoms with Crippen molar-refractivity contribution >= 4 is 28.5 Å². The van der Waals surface area contributed by atoms with E-state index in [1.54, 1.807) is 0 Å². The maximum Gasteiger partial charge on any atom is 0.246 e. The molecule has 2 atom stereocenters. The number of aromatic amines is 1. The number of ketones is 1. The monoisotopic (exact) mass is 343 g/mol. The molecule has 1 aliphatic heterocycles. The fourth-order valence-electron chi connectivity index (χ4n) is 2.94. The highest BCUT2D eigenvalue weighted by Gasteiger charge is 2.31. The van der Waals surface area contributed by atoms with Gasteiger partial charge in [0.05, 0.1) is 17.0 Å². The number of rotatable bonds is 5. The number of nitrogens with zero attached hydrogens (tertiary/aromatic N) is 3. The zero-order valence-electron chi connectivity index (χ0n) is 13.5. The number of aromatic nitrogens is 3. The SMILES string of the molecule is C=CC(=O)c1c[nH]c2ncnc(N[C@H]3CN(C(=O)C=C)CC[C@H]3F)c12. The van der Waals surface area contributed by atoms with Crippen molar-refractivity contribution in [1.29, 1.82) is 0 Å². The van der Waals surface area contributed by atoms with Crippen molar-refractivity contribution in [3.8, 4) is 0 Å². The normalized spacial score (nSPS) is 20.3. The van der Waals surface area contributed by atoms with Crippen LogP contribution in [0.25, 0.3) is 11.0 Å². The summed E-state index contributed by atoms with van der Waals surface area (Å²) in [5.41, 5.74) is 0.825. The third kappa shape index (κ3) is 3.15. The summed E-state index contributed by atoms with van der Waals surface area (Å²) in [6.07, 6.45) is 4.34. The molecule has 2 N–H and O–H groups in total. The van der Waals surface area contributed by atoms with Gasteiger partial charge in [-0.1, -0.05) is 13.2 Å². The number of H-pyrrole nitrogens is 1. The van der Waals surface area contributed by atoms with Crippen molar-refractivity contribution in [3.05, 3.63) is 43.4 Å². The van der Waals surface area contributed by atoms with Crippen LogP contribution in [0.3, 0.4) is 0 Å². The quantitative estimate of drug-likeness (QED) is 0.639. The van der Waals surface area contributed by atoms with E-state index in [4.69, 9.17) is 0 Å². The molecule has 2 aromatic rings. The second kappa shape index (κ2) is 6.84. The zero-order chi connectivity index (χ0) is 18.0. The van der Waals surface area contributed by atoms with Crippen molar-refractivity contribution in [3.63, 3.8) is 0 Å². The smallest absolute Gasteiger partial charge is 0.246 e. The fraction of sp³-hybridized carbons (Fsp3) is 0.294. The largest absolute Gasteiger partial charge is 0.362 e. The molecular formula is C17H18FN5O2. The third-order valence-electron chi connectivity index (χ3n) is 4.26. The third-order valence-corrected chi connectivity index (χ3v) is 4.26. The van der Waals surface area contributed by atoms with Gasteiger partial charge in [-0.15, -0.1) is 0 Å². The second-order valence-electron chi connectivity index (χ2n) is 5.76. The summed E-state index contributed by atoms with van der Waals surface area (Å²) in [6, 6.07) is -0.641. The Bertz CT molecular complexity index is 847.